The number of ether oxygens (including phenoxy) is 2. The molecule has 0 aliphatic heterocycles. The van der Waals surface area contributed by atoms with Crippen LogP contribution in [0.5, 0.6) is 11.5 Å². The molecule has 5 heteroatoms. The number of benzene rings is 2. The maximum absolute atomic E-state index is 12.4. The molecule has 4 nitrogen and oxygen atoms in total. The van der Waals surface area contributed by atoms with Gasteiger partial charge < -0.3 is 14.8 Å². The van der Waals surface area contributed by atoms with Gasteiger partial charge in [0.15, 0.2) is 0 Å². The maximum atomic E-state index is 12.4. The van der Waals surface area contributed by atoms with E-state index in [1.807, 2.05) is 19.1 Å². The molecule has 2 aromatic rings. The van der Waals surface area contributed by atoms with Gasteiger partial charge in [0.1, 0.15) is 11.5 Å². The Bertz CT molecular complexity index is 643. The van der Waals surface area contributed by atoms with E-state index in [0.29, 0.717) is 29.4 Å². The first-order chi connectivity index (χ1) is 10.2. The van der Waals surface area contributed by atoms with E-state index in [2.05, 4.69) is 21.2 Å². The Morgan fingerprint density at radius 3 is 2.67 bits per heavy atom. The van der Waals surface area contributed by atoms with Crippen molar-refractivity contribution in [2.45, 2.75) is 6.92 Å². The average molecular weight is 350 g/mol. The molecule has 0 atom stereocenters. The van der Waals surface area contributed by atoms with Crippen molar-refractivity contribution in [3.63, 3.8) is 0 Å². The molecule has 0 spiro atoms. The molecule has 0 unspecified atom stereocenters. The van der Waals surface area contributed by atoms with Crippen LogP contribution in [0.4, 0.5) is 5.69 Å². The fraction of sp³-hybridized carbons (Fsp3) is 0.188. The van der Waals surface area contributed by atoms with Crippen molar-refractivity contribution in [3.8, 4) is 11.5 Å². The summed E-state index contributed by atoms with van der Waals surface area (Å²) in [5.74, 6) is 0.919. The van der Waals surface area contributed by atoms with Crippen LogP contribution < -0.4 is 14.8 Å². The SMILES string of the molecule is CCOc1ccccc1C(=O)Nc1cc(Br)ccc1OC. The molecule has 0 saturated carbocycles. The zero-order chi connectivity index (χ0) is 15.2. The summed E-state index contributed by atoms with van der Waals surface area (Å²) in [4.78, 5) is 12.4. The van der Waals surface area contributed by atoms with Crippen molar-refractivity contribution in [2.24, 2.45) is 0 Å². The summed E-state index contributed by atoms with van der Waals surface area (Å²) in [6, 6.07) is 12.6. The number of para-hydroxylation sites is 1. The molecule has 2 aromatic carbocycles. The van der Waals surface area contributed by atoms with E-state index in [4.69, 9.17) is 9.47 Å². The predicted octanol–water partition coefficient (Wildman–Crippen LogP) is 4.11. The first kappa shape index (κ1) is 15.4. The van der Waals surface area contributed by atoms with Gasteiger partial charge in [-0.15, -0.1) is 0 Å². The van der Waals surface area contributed by atoms with Crippen molar-refractivity contribution in [1.29, 1.82) is 0 Å². The van der Waals surface area contributed by atoms with Crippen LogP contribution >= 0.6 is 15.9 Å². The van der Waals surface area contributed by atoms with Crippen LogP contribution in [0.2, 0.25) is 0 Å². The summed E-state index contributed by atoms with van der Waals surface area (Å²) < 4.78 is 11.6. The van der Waals surface area contributed by atoms with Gasteiger partial charge in [-0.05, 0) is 37.3 Å². The summed E-state index contributed by atoms with van der Waals surface area (Å²) >= 11 is 3.38. The minimum atomic E-state index is -0.240. The molecule has 0 aliphatic carbocycles. The molecule has 21 heavy (non-hydrogen) atoms. The number of hydrogen-bond donors (Lipinski definition) is 1. The van der Waals surface area contributed by atoms with Gasteiger partial charge in [0, 0.05) is 4.47 Å². The highest BCUT2D eigenvalue weighted by atomic mass is 79.9. The van der Waals surface area contributed by atoms with E-state index in [1.54, 1.807) is 37.4 Å². The lowest BCUT2D eigenvalue weighted by atomic mass is 10.2. The third-order valence-corrected chi connectivity index (χ3v) is 3.33. The topological polar surface area (TPSA) is 47.6 Å². The van der Waals surface area contributed by atoms with Crippen molar-refractivity contribution < 1.29 is 14.3 Å². The number of carbonyl (C=O) groups is 1. The van der Waals surface area contributed by atoms with Gasteiger partial charge in [0.2, 0.25) is 0 Å². The highest BCUT2D eigenvalue weighted by Crippen LogP contribution is 2.29. The number of rotatable bonds is 5. The lowest BCUT2D eigenvalue weighted by molar-refractivity contribution is 0.102. The highest BCUT2D eigenvalue weighted by molar-refractivity contribution is 9.10. The third-order valence-electron chi connectivity index (χ3n) is 2.84. The van der Waals surface area contributed by atoms with Crippen LogP contribution in [-0.2, 0) is 0 Å². The Hall–Kier alpha value is -2.01. The fourth-order valence-corrected chi connectivity index (χ4v) is 2.26. The Morgan fingerprint density at radius 1 is 1.19 bits per heavy atom. The Kier molecular flexibility index (Phi) is 5.22. The van der Waals surface area contributed by atoms with Crippen LogP contribution in [0.3, 0.4) is 0 Å². The normalized spacial score (nSPS) is 10.0. The Morgan fingerprint density at radius 2 is 1.95 bits per heavy atom. The fourth-order valence-electron chi connectivity index (χ4n) is 1.90. The van der Waals surface area contributed by atoms with Crippen LogP contribution in [0, 0.1) is 0 Å². The number of anilines is 1. The summed E-state index contributed by atoms with van der Waals surface area (Å²) in [6.07, 6.45) is 0. The summed E-state index contributed by atoms with van der Waals surface area (Å²) in [5, 5.41) is 2.84. The molecule has 0 aromatic heterocycles. The molecule has 1 amide bonds. The number of nitrogens with one attached hydrogen (secondary N) is 1. The minimum Gasteiger partial charge on any atom is -0.495 e. The quantitative estimate of drug-likeness (QED) is 0.883. The minimum absolute atomic E-state index is 0.240. The molecular weight excluding hydrogens is 334 g/mol. The average Bonchev–Trinajstić information content (AvgIpc) is 2.48. The number of methoxy groups -OCH3 is 1. The molecule has 0 heterocycles. The van der Waals surface area contributed by atoms with Gasteiger partial charge in [-0.2, -0.15) is 0 Å². The van der Waals surface area contributed by atoms with Crippen molar-refractivity contribution in [2.75, 3.05) is 19.0 Å². The Balaban J connectivity index is 2.28. The first-order valence-corrected chi connectivity index (χ1v) is 7.31. The number of carbonyl (C=O) groups excluding carboxylic acids is 1. The van der Waals surface area contributed by atoms with Crippen LogP contribution in [-0.4, -0.2) is 19.6 Å². The van der Waals surface area contributed by atoms with E-state index in [1.165, 1.54) is 0 Å². The molecule has 0 radical (unpaired) electrons. The monoisotopic (exact) mass is 349 g/mol. The van der Waals surface area contributed by atoms with Crippen molar-refractivity contribution >= 4 is 27.5 Å². The van der Waals surface area contributed by atoms with E-state index >= 15 is 0 Å². The van der Waals surface area contributed by atoms with E-state index in [-0.39, 0.29) is 5.91 Å². The van der Waals surface area contributed by atoms with Gasteiger partial charge in [-0.3, -0.25) is 4.79 Å². The van der Waals surface area contributed by atoms with Gasteiger partial charge in [-0.25, -0.2) is 0 Å². The zero-order valence-corrected chi connectivity index (χ0v) is 13.4. The molecule has 0 bridgehead atoms. The van der Waals surface area contributed by atoms with Crippen molar-refractivity contribution in [3.05, 3.63) is 52.5 Å². The lowest BCUT2D eigenvalue weighted by Crippen LogP contribution is -2.14. The van der Waals surface area contributed by atoms with Gasteiger partial charge in [0.25, 0.3) is 5.91 Å². The van der Waals surface area contributed by atoms with Gasteiger partial charge in [-0.1, -0.05) is 28.1 Å². The second-order valence-electron chi connectivity index (χ2n) is 4.23. The zero-order valence-electron chi connectivity index (χ0n) is 11.9. The van der Waals surface area contributed by atoms with E-state index in [0.717, 1.165) is 4.47 Å². The molecule has 2 rings (SSSR count). The van der Waals surface area contributed by atoms with Gasteiger partial charge >= 0.3 is 0 Å². The summed E-state index contributed by atoms with van der Waals surface area (Å²) in [7, 11) is 1.56. The summed E-state index contributed by atoms with van der Waals surface area (Å²) in [5.41, 5.74) is 1.09. The molecule has 0 fully saturated rings. The molecule has 110 valence electrons. The largest absolute Gasteiger partial charge is 0.495 e. The highest BCUT2D eigenvalue weighted by Gasteiger charge is 2.14. The third kappa shape index (κ3) is 3.76. The lowest BCUT2D eigenvalue weighted by Gasteiger charge is -2.13. The van der Waals surface area contributed by atoms with E-state index in [9.17, 15) is 4.79 Å². The standard InChI is InChI=1S/C16H16BrNO3/c1-3-21-14-7-5-4-6-12(14)16(19)18-13-10-11(17)8-9-15(13)20-2/h4-10H,3H2,1-2H3,(H,18,19). The second-order valence-corrected chi connectivity index (χ2v) is 5.14. The maximum Gasteiger partial charge on any atom is 0.259 e. The predicted molar refractivity (Wildman–Crippen MR) is 86.3 cm³/mol. The smallest absolute Gasteiger partial charge is 0.259 e. The molecule has 0 aliphatic rings. The number of hydrogen-bond acceptors (Lipinski definition) is 3. The number of halogens is 1. The summed E-state index contributed by atoms with van der Waals surface area (Å²) in [6.45, 7) is 2.39. The van der Waals surface area contributed by atoms with E-state index < -0.39 is 0 Å². The molecule has 1 N–H and O–H groups in total. The number of amides is 1. The van der Waals surface area contributed by atoms with Crippen LogP contribution in [0.25, 0.3) is 0 Å². The van der Waals surface area contributed by atoms with Crippen LogP contribution in [0.15, 0.2) is 46.9 Å². The second kappa shape index (κ2) is 7.13. The molecular formula is C16H16BrNO3. The Labute approximate surface area is 132 Å². The van der Waals surface area contributed by atoms with Crippen LogP contribution in [0.1, 0.15) is 17.3 Å². The van der Waals surface area contributed by atoms with Crippen molar-refractivity contribution in [1.82, 2.24) is 0 Å². The first-order valence-electron chi connectivity index (χ1n) is 6.52. The van der Waals surface area contributed by atoms with Gasteiger partial charge in [0.05, 0.1) is 25.0 Å². The molecule has 0 saturated heterocycles.